The number of esters is 1. The van der Waals surface area contributed by atoms with Crippen LogP contribution < -0.4 is 0 Å². The van der Waals surface area contributed by atoms with Gasteiger partial charge in [-0.1, -0.05) is 13.2 Å². The van der Waals surface area contributed by atoms with E-state index in [0.717, 1.165) is 6.08 Å². The molecule has 0 bridgehead atoms. The van der Waals surface area contributed by atoms with E-state index in [2.05, 4.69) is 22.9 Å². The summed E-state index contributed by atoms with van der Waals surface area (Å²) in [5.74, 6) is -1.45. The predicted octanol–water partition coefficient (Wildman–Crippen LogP) is 0.699. The quantitative estimate of drug-likeness (QED) is 0.245. The summed E-state index contributed by atoms with van der Waals surface area (Å²) < 4.78 is 4.59. The van der Waals surface area contributed by atoms with Crippen LogP contribution in [0.5, 0.6) is 0 Å². The van der Waals surface area contributed by atoms with Crippen LogP contribution in [0.3, 0.4) is 0 Å². The highest BCUT2D eigenvalue weighted by atomic mass is 16.5. The largest absolute Gasteiger partial charge is 0.478 e. The summed E-state index contributed by atoms with van der Waals surface area (Å²) in [5.41, 5.74) is 0.333. The Morgan fingerprint density at radius 2 is 2.06 bits per heavy atom. The summed E-state index contributed by atoms with van der Waals surface area (Å²) in [7, 11) is 0. The molecule has 6 heteroatoms. The first kappa shape index (κ1) is 16.2. The average molecular weight is 227 g/mol. The number of carbonyl (C=O) groups excluding carboxylic acids is 2. The van der Waals surface area contributed by atoms with Crippen molar-refractivity contribution in [2.24, 2.45) is 4.99 Å². The lowest BCUT2D eigenvalue weighted by Crippen LogP contribution is -2.07. The van der Waals surface area contributed by atoms with Crippen LogP contribution >= 0.6 is 0 Å². The van der Waals surface area contributed by atoms with Crippen molar-refractivity contribution in [1.82, 2.24) is 0 Å². The van der Waals surface area contributed by atoms with Crippen molar-refractivity contribution >= 4 is 18.0 Å². The molecule has 0 aliphatic rings. The van der Waals surface area contributed by atoms with E-state index >= 15 is 0 Å². The molecular weight excluding hydrogens is 214 g/mol. The molecule has 0 saturated heterocycles. The number of hydrogen-bond acceptors (Lipinski definition) is 5. The van der Waals surface area contributed by atoms with Crippen LogP contribution in [0.2, 0.25) is 0 Å². The summed E-state index contributed by atoms with van der Waals surface area (Å²) in [4.78, 5) is 32.6. The van der Waals surface area contributed by atoms with Gasteiger partial charge in [0.1, 0.15) is 6.61 Å². The standard InChI is InChI=1S/C7H9NO3.C3H4O2/c1-6(2)7(10)11-4-3-8-5-9;1-2-3(4)5/h1,3-4H2,2H3;2H,1H2,(H,4,5). The van der Waals surface area contributed by atoms with Crippen LogP contribution in [-0.2, 0) is 19.1 Å². The Kier molecular flexibility index (Phi) is 11.0. The highest BCUT2D eigenvalue weighted by Gasteiger charge is 2.00. The number of nitrogens with zero attached hydrogens (tertiary/aromatic N) is 1. The van der Waals surface area contributed by atoms with E-state index in [-0.39, 0.29) is 13.2 Å². The minimum Gasteiger partial charge on any atom is -0.478 e. The Labute approximate surface area is 92.9 Å². The zero-order valence-electron chi connectivity index (χ0n) is 8.93. The summed E-state index contributed by atoms with van der Waals surface area (Å²) in [6.45, 7) is 8.13. The third-order valence-corrected chi connectivity index (χ3v) is 1.02. The number of aliphatic imine (C=N–C) groups is 1. The maximum atomic E-state index is 10.6. The maximum absolute atomic E-state index is 10.6. The van der Waals surface area contributed by atoms with E-state index in [1.165, 1.54) is 6.08 Å². The summed E-state index contributed by atoms with van der Waals surface area (Å²) in [6.07, 6.45) is 2.17. The Morgan fingerprint density at radius 1 is 1.56 bits per heavy atom. The fourth-order valence-corrected chi connectivity index (χ4v) is 0.353. The van der Waals surface area contributed by atoms with Crippen molar-refractivity contribution in [1.29, 1.82) is 0 Å². The molecule has 16 heavy (non-hydrogen) atoms. The molecule has 0 heterocycles. The lowest BCUT2D eigenvalue weighted by atomic mass is 10.4. The lowest BCUT2D eigenvalue weighted by molar-refractivity contribution is -0.138. The number of carboxylic acids is 1. The number of aliphatic carboxylic acids is 1. The Bertz CT molecular complexity index is 315. The molecule has 6 nitrogen and oxygen atoms in total. The molecule has 0 aromatic carbocycles. The van der Waals surface area contributed by atoms with Crippen molar-refractivity contribution in [3.8, 4) is 0 Å². The van der Waals surface area contributed by atoms with Crippen molar-refractivity contribution in [3.05, 3.63) is 24.8 Å². The Morgan fingerprint density at radius 3 is 2.38 bits per heavy atom. The lowest BCUT2D eigenvalue weighted by Gasteiger charge is -1.99. The van der Waals surface area contributed by atoms with Gasteiger partial charge >= 0.3 is 11.9 Å². The molecule has 0 fully saturated rings. The number of ether oxygens (including phenoxy) is 1. The number of carbonyl (C=O) groups is 2. The number of hydrogen-bond donors (Lipinski definition) is 1. The van der Waals surface area contributed by atoms with Crippen LogP contribution in [0.25, 0.3) is 0 Å². The topological polar surface area (TPSA) is 93.0 Å². The average Bonchev–Trinajstić information content (AvgIpc) is 2.24. The molecular formula is C10H13NO5. The van der Waals surface area contributed by atoms with E-state index < -0.39 is 11.9 Å². The predicted molar refractivity (Wildman–Crippen MR) is 56.6 cm³/mol. The van der Waals surface area contributed by atoms with Gasteiger partial charge in [0, 0.05) is 11.6 Å². The van der Waals surface area contributed by atoms with Crippen LogP contribution in [-0.4, -0.2) is 36.3 Å². The zero-order chi connectivity index (χ0) is 13.0. The van der Waals surface area contributed by atoms with Gasteiger partial charge in [0.2, 0.25) is 6.08 Å². The van der Waals surface area contributed by atoms with Gasteiger partial charge in [-0.15, -0.1) is 0 Å². The molecule has 0 aromatic rings. The summed E-state index contributed by atoms with van der Waals surface area (Å²) in [6, 6.07) is 0. The van der Waals surface area contributed by atoms with E-state index in [1.54, 1.807) is 6.92 Å². The molecule has 0 rings (SSSR count). The summed E-state index contributed by atoms with van der Waals surface area (Å²) in [5, 5.41) is 7.60. The number of isocyanates is 1. The second-order valence-corrected chi connectivity index (χ2v) is 2.43. The minimum absolute atomic E-state index is 0.0981. The van der Waals surface area contributed by atoms with Crippen LogP contribution in [0, 0.1) is 0 Å². The third-order valence-electron chi connectivity index (χ3n) is 1.02. The first-order chi connectivity index (χ1) is 7.45. The third kappa shape index (κ3) is 14.3. The van der Waals surface area contributed by atoms with Gasteiger partial charge in [0.05, 0.1) is 6.54 Å². The van der Waals surface area contributed by atoms with Gasteiger partial charge in [0.25, 0.3) is 0 Å². The van der Waals surface area contributed by atoms with Crippen LogP contribution in [0.15, 0.2) is 29.8 Å². The van der Waals surface area contributed by atoms with E-state index in [1.807, 2.05) is 0 Å². The van der Waals surface area contributed by atoms with E-state index in [4.69, 9.17) is 5.11 Å². The first-order valence-corrected chi connectivity index (χ1v) is 4.17. The van der Waals surface area contributed by atoms with Gasteiger partial charge in [0.15, 0.2) is 0 Å². The molecule has 0 radical (unpaired) electrons. The fraction of sp³-hybridized carbons (Fsp3) is 0.300. The molecule has 0 spiro atoms. The second-order valence-electron chi connectivity index (χ2n) is 2.43. The summed E-state index contributed by atoms with van der Waals surface area (Å²) >= 11 is 0. The molecule has 0 atom stereocenters. The molecule has 0 amide bonds. The fourth-order valence-electron chi connectivity index (χ4n) is 0.353. The van der Waals surface area contributed by atoms with Crippen molar-refractivity contribution in [3.63, 3.8) is 0 Å². The van der Waals surface area contributed by atoms with Gasteiger partial charge in [-0.25, -0.2) is 19.4 Å². The molecule has 0 unspecified atom stereocenters. The van der Waals surface area contributed by atoms with Crippen LogP contribution in [0.4, 0.5) is 0 Å². The van der Waals surface area contributed by atoms with Gasteiger partial charge in [-0.2, -0.15) is 0 Å². The van der Waals surface area contributed by atoms with Gasteiger partial charge < -0.3 is 9.84 Å². The van der Waals surface area contributed by atoms with E-state index in [0.29, 0.717) is 5.57 Å². The zero-order valence-corrected chi connectivity index (χ0v) is 8.93. The molecule has 0 aliphatic carbocycles. The van der Waals surface area contributed by atoms with Gasteiger partial charge in [-0.3, -0.25) is 0 Å². The maximum Gasteiger partial charge on any atom is 0.333 e. The molecule has 0 saturated carbocycles. The monoisotopic (exact) mass is 227 g/mol. The van der Waals surface area contributed by atoms with Crippen molar-refractivity contribution < 1.29 is 24.2 Å². The number of rotatable bonds is 5. The Balaban J connectivity index is 0. The smallest absolute Gasteiger partial charge is 0.333 e. The second kappa shape index (κ2) is 10.9. The van der Waals surface area contributed by atoms with Crippen molar-refractivity contribution in [2.45, 2.75) is 6.92 Å². The SMILES string of the molecule is C=C(C)C(=O)OCCN=C=O.C=CC(=O)O. The van der Waals surface area contributed by atoms with Crippen LogP contribution in [0.1, 0.15) is 6.92 Å². The Hall–Kier alpha value is -2.20. The van der Waals surface area contributed by atoms with E-state index in [9.17, 15) is 14.4 Å². The molecule has 0 aliphatic heterocycles. The highest BCUT2D eigenvalue weighted by molar-refractivity contribution is 5.86. The van der Waals surface area contributed by atoms with Gasteiger partial charge in [-0.05, 0) is 6.92 Å². The highest BCUT2D eigenvalue weighted by Crippen LogP contribution is 1.90. The normalized spacial score (nSPS) is 7.56. The molecule has 0 aromatic heterocycles. The minimum atomic E-state index is -0.981. The first-order valence-electron chi connectivity index (χ1n) is 4.17. The molecule has 88 valence electrons. The number of carboxylic acid groups (broad SMARTS) is 1. The molecule has 1 N–H and O–H groups in total. The van der Waals surface area contributed by atoms with Crippen molar-refractivity contribution in [2.75, 3.05) is 13.2 Å².